The van der Waals surface area contributed by atoms with E-state index < -0.39 is 11.7 Å². The van der Waals surface area contributed by atoms with Gasteiger partial charge >= 0.3 is 0 Å². The number of anilines is 1. The highest BCUT2D eigenvalue weighted by molar-refractivity contribution is 14.1. The van der Waals surface area contributed by atoms with Crippen LogP contribution in [0.4, 0.5) is 10.1 Å². The summed E-state index contributed by atoms with van der Waals surface area (Å²) < 4.78 is 14.0. The number of hydrogen-bond acceptors (Lipinski definition) is 2. The summed E-state index contributed by atoms with van der Waals surface area (Å²) in [6.07, 6.45) is -0.231. The van der Waals surface area contributed by atoms with Gasteiger partial charge in [-0.15, -0.1) is 0 Å². The molecule has 0 fully saturated rings. The Bertz CT molecular complexity index is 406. The molecular weight excluding hydrogens is 312 g/mol. The molecule has 0 atom stereocenters. The molecule has 0 aliphatic rings. The molecule has 1 amide bonds. The average molecular weight is 321 g/mol. The highest BCUT2D eigenvalue weighted by Crippen LogP contribution is 2.16. The molecule has 80 valence electrons. The molecular formula is C10H9FINO2. The van der Waals surface area contributed by atoms with Crippen molar-refractivity contribution < 1.29 is 14.0 Å². The lowest BCUT2D eigenvalue weighted by Gasteiger charge is -2.05. The standard InChI is InChI=1S/C10H9FINO2/c1-6(14)4-10(15)13-9-3-2-7(12)5-8(9)11/h2-3,5H,4H2,1H3,(H,13,15). The number of carbonyl (C=O) groups excluding carboxylic acids is 2. The summed E-state index contributed by atoms with van der Waals surface area (Å²) in [6, 6.07) is 4.45. The van der Waals surface area contributed by atoms with Crippen LogP contribution in [0.2, 0.25) is 0 Å². The third-order valence-corrected chi connectivity index (χ3v) is 2.29. The van der Waals surface area contributed by atoms with Gasteiger partial charge in [0, 0.05) is 3.57 Å². The number of amides is 1. The van der Waals surface area contributed by atoms with Crippen molar-refractivity contribution in [3.63, 3.8) is 0 Å². The molecule has 0 aliphatic carbocycles. The van der Waals surface area contributed by atoms with E-state index in [-0.39, 0.29) is 17.9 Å². The largest absolute Gasteiger partial charge is 0.323 e. The topological polar surface area (TPSA) is 46.2 Å². The average Bonchev–Trinajstić information content (AvgIpc) is 2.08. The second kappa shape index (κ2) is 5.20. The molecule has 1 rings (SSSR count). The van der Waals surface area contributed by atoms with Gasteiger partial charge in [0.1, 0.15) is 11.6 Å². The molecule has 0 aliphatic heterocycles. The van der Waals surface area contributed by atoms with Crippen molar-refractivity contribution >= 4 is 40.0 Å². The van der Waals surface area contributed by atoms with E-state index in [0.29, 0.717) is 0 Å². The summed E-state index contributed by atoms with van der Waals surface area (Å²) in [5.74, 6) is -1.25. The second-order valence-electron chi connectivity index (χ2n) is 3.05. The molecule has 0 aromatic heterocycles. The molecule has 0 heterocycles. The number of Topliss-reactive ketones (excluding diaryl/α,β-unsaturated/α-hetero) is 1. The normalized spacial score (nSPS) is 9.80. The number of ketones is 1. The maximum atomic E-state index is 13.2. The van der Waals surface area contributed by atoms with Gasteiger partial charge in [-0.05, 0) is 47.7 Å². The predicted octanol–water partition coefficient (Wildman–Crippen LogP) is 2.35. The molecule has 0 unspecified atom stereocenters. The fraction of sp³-hybridized carbons (Fsp3) is 0.200. The van der Waals surface area contributed by atoms with Gasteiger partial charge in [0.05, 0.1) is 12.1 Å². The Labute approximate surface area is 100 Å². The van der Waals surface area contributed by atoms with Crippen molar-refractivity contribution in [2.75, 3.05) is 5.32 Å². The molecule has 0 spiro atoms. The fourth-order valence-corrected chi connectivity index (χ4v) is 1.46. The van der Waals surface area contributed by atoms with Crippen LogP contribution in [0.3, 0.4) is 0 Å². The first-order valence-electron chi connectivity index (χ1n) is 4.23. The van der Waals surface area contributed by atoms with Gasteiger partial charge in [0.15, 0.2) is 0 Å². The van der Waals surface area contributed by atoms with Crippen LogP contribution in [0.15, 0.2) is 18.2 Å². The van der Waals surface area contributed by atoms with E-state index in [1.807, 2.05) is 22.6 Å². The van der Waals surface area contributed by atoms with Crippen LogP contribution < -0.4 is 5.32 Å². The van der Waals surface area contributed by atoms with Gasteiger partial charge in [-0.2, -0.15) is 0 Å². The minimum atomic E-state index is -0.501. The highest BCUT2D eigenvalue weighted by Gasteiger charge is 2.08. The van der Waals surface area contributed by atoms with Crippen LogP contribution in [-0.2, 0) is 9.59 Å². The van der Waals surface area contributed by atoms with E-state index in [9.17, 15) is 14.0 Å². The van der Waals surface area contributed by atoms with E-state index in [1.165, 1.54) is 19.1 Å². The summed E-state index contributed by atoms with van der Waals surface area (Å²) in [5, 5.41) is 2.33. The van der Waals surface area contributed by atoms with Crippen molar-refractivity contribution in [2.24, 2.45) is 0 Å². The predicted molar refractivity (Wildman–Crippen MR) is 63.0 cm³/mol. The number of hydrogen-bond donors (Lipinski definition) is 1. The Kier molecular flexibility index (Phi) is 4.19. The monoisotopic (exact) mass is 321 g/mol. The Morgan fingerprint density at radius 2 is 2.13 bits per heavy atom. The van der Waals surface area contributed by atoms with E-state index in [2.05, 4.69) is 5.32 Å². The summed E-state index contributed by atoms with van der Waals surface area (Å²) in [4.78, 5) is 21.8. The van der Waals surface area contributed by atoms with E-state index in [0.717, 1.165) is 3.57 Å². The highest BCUT2D eigenvalue weighted by atomic mass is 127. The minimum absolute atomic E-state index is 0.0988. The number of carbonyl (C=O) groups is 2. The molecule has 3 nitrogen and oxygen atoms in total. The number of halogens is 2. The molecule has 0 saturated carbocycles. The van der Waals surface area contributed by atoms with Gasteiger partial charge in [-0.3, -0.25) is 9.59 Å². The smallest absolute Gasteiger partial charge is 0.231 e. The third kappa shape index (κ3) is 3.94. The zero-order chi connectivity index (χ0) is 11.4. The molecule has 0 radical (unpaired) electrons. The van der Waals surface area contributed by atoms with E-state index in [4.69, 9.17) is 0 Å². The molecule has 1 aromatic carbocycles. The Hall–Kier alpha value is -0.980. The van der Waals surface area contributed by atoms with Crippen LogP contribution in [0.5, 0.6) is 0 Å². The summed E-state index contributed by atoms with van der Waals surface area (Å²) in [5.41, 5.74) is 0.0988. The fourth-order valence-electron chi connectivity index (χ4n) is 1.01. The van der Waals surface area contributed by atoms with Crippen molar-refractivity contribution in [3.05, 3.63) is 27.6 Å². The molecule has 1 aromatic rings. The summed E-state index contributed by atoms with van der Waals surface area (Å²) >= 11 is 1.97. The Balaban J connectivity index is 2.72. The lowest BCUT2D eigenvalue weighted by Crippen LogP contribution is -2.15. The van der Waals surface area contributed by atoms with Gasteiger partial charge in [0.25, 0.3) is 0 Å². The molecule has 0 saturated heterocycles. The Morgan fingerprint density at radius 1 is 1.47 bits per heavy atom. The first kappa shape index (κ1) is 12.1. The molecule has 5 heteroatoms. The van der Waals surface area contributed by atoms with E-state index >= 15 is 0 Å². The maximum absolute atomic E-state index is 13.2. The van der Waals surface area contributed by atoms with Crippen molar-refractivity contribution in [1.82, 2.24) is 0 Å². The quantitative estimate of drug-likeness (QED) is 0.686. The molecule has 15 heavy (non-hydrogen) atoms. The van der Waals surface area contributed by atoms with Crippen LogP contribution in [-0.4, -0.2) is 11.7 Å². The van der Waals surface area contributed by atoms with Crippen LogP contribution in [0.25, 0.3) is 0 Å². The lowest BCUT2D eigenvalue weighted by molar-refractivity contribution is -0.124. The zero-order valence-corrected chi connectivity index (χ0v) is 10.2. The number of benzene rings is 1. The summed E-state index contributed by atoms with van der Waals surface area (Å²) in [7, 11) is 0. The van der Waals surface area contributed by atoms with Crippen LogP contribution in [0.1, 0.15) is 13.3 Å². The third-order valence-electron chi connectivity index (χ3n) is 1.61. The first-order chi connectivity index (χ1) is 6.99. The van der Waals surface area contributed by atoms with Gasteiger partial charge in [-0.1, -0.05) is 0 Å². The zero-order valence-electron chi connectivity index (χ0n) is 8.01. The SMILES string of the molecule is CC(=O)CC(=O)Nc1ccc(I)cc1F. The number of rotatable bonds is 3. The lowest BCUT2D eigenvalue weighted by atomic mass is 10.2. The maximum Gasteiger partial charge on any atom is 0.231 e. The van der Waals surface area contributed by atoms with Crippen molar-refractivity contribution in [2.45, 2.75) is 13.3 Å². The van der Waals surface area contributed by atoms with Crippen molar-refractivity contribution in [1.29, 1.82) is 0 Å². The summed E-state index contributed by atoms with van der Waals surface area (Å²) in [6.45, 7) is 1.31. The van der Waals surface area contributed by atoms with Crippen LogP contribution >= 0.6 is 22.6 Å². The van der Waals surface area contributed by atoms with Gasteiger partial charge < -0.3 is 5.32 Å². The Morgan fingerprint density at radius 3 is 2.67 bits per heavy atom. The molecule has 0 bridgehead atoms. The van der Waals surface area contributed by atoms with E-state index in [1.54, 1.807) is 6.07 Å². The van der Waals surface area contributed by atoms with Crippen molar-refractivity contribution in [3.8, 4) is 0 Å². The molecule has 1 N–H and O–H groups in total. The minimum Gasteiger partial charge on any atom is -0.323 e. The first-order valence-corrected chi connectivity index (χ1v) is 5.31. The van der Waals surface area contributed by atoms with Gasteiger partial charge in [0.2, 0.25) is 5.91 Å². The number of nitrogens with one attached hydrogen (secondary N) is 1. The second-order valence-corrected chi connectivity index (χ2v) is 4.30. The van der Waals surface area contributed by atoms with Gasteiger partial charge in [-0.25, -0.2) is 4.39 Å². The van der Waals surface area contributed by atoms with Crippen LogP contribution in [0, 0.1) is 9.39 Å².